The van der Waals surface area contributed by atoms with Gasteiger partial charge in [-0.05, 0) is 30.5 Å². The minimum absolute atomic E-state index is 0.0556. The van der Waals surface area contributed by atoms with Crippen molar-refractivity contribution < 1.29 is 9.59 Å². The Morgan fingerprint density at radius 1 is 1.16 bits per heavy atom. The van der Waals surface area contributed by atoms with E-state index in [2.05, 4.69) is 20.6 Å². The Morgan fingerprint density at radius 2 is 2.00 bits per heavy atom. The van der Waals surface area contributed by atoms with Gasteiger partial charge in [-0.2, -0.15) is 11.8 Å². The van der Waals surface area contributed by atoms with Crippen molar-refractivity contribution in [3.05, 3.63) is 52.5 Å². The van der Waals surface area contributed by atoms with Crippen LogP contribution in [0.4, 0.5) is 5.13 Å². The molecule has 1 aromatic carbocycles. The van der Waals surface area contributed by atoms with Crippen LogP contribution in [-0.4, -0.2) is 32.6 Å². The zero-order valence-electron chi connectivity index (χ0n) is 17.0. The lowest BCUT2D eigenvalue weighted by atomic mass is 10.3. The molecule has 3 heterocycles. The molecule has 0 saturated heterocycles. The number of thiazole rings is 1. The van der Waals surface area contributed by atoms with Crippen LogP contribution in [-0.2, 0) is 28.4 Å². The van der Waals surface area contributed by atoms with Crippen LogP contribution < -0.4 is 10.6 Å². The van der Waals surface area contributed by atoms with Crippen LogP contribution >= 0.6 is 34.4 Å². The number of para-hydroxylation sites is 2. The van der Waals surface area contributed by atoms with Crippen LogP contribution in [0.25, 0.3) is 21.6 Å². The molecule has 0 aliphatic carbocycles. The van der Waals surface area contributed by atoms with Gasteiger partial charge in [0.15, 0.2) is 5.13 Å². The Bertz CT molecular complexity index is 1230. The number of imidazole rings is 1. The monoisotopic (exact) mass is 471 g/mol. The highest BCUT2D eigenvalue weighted by molar-refractivity contribution is 7.97. The smallest absolute Gasteiger partial charge is 0.246 e. The van der Waals surface area contributed by atoms with Crippen LogP contribution in [0.3, 0.4) is 0 Å². The van der Waals surface area contributed by atoms with Crippen LogP contribution in [0.2, 0.25) is 0 Å². The Kier molecular flexibility index (Phi) is 6.69. The van der Waals surface area contributed by atoms with Gasteiger partial charge in [-0.1, -0.05) is 12.1 Å². The summed E-state index contributed by atoms with van der Waals surface area (Å²) in [4.78, 5) is 35.1. The molecule has 0 saturated carbocycles. The number of rotatable bonds is 8. The molecule has 0 spiro atoms. The number of amides is 2. The summed E-state index contributed by atoms with van der Waals surface area (Å²) < 4.78 is 1.96. The number of thiophene rings is 1. The molecule has 31 heavy (non-hydrogen) atoms. The number of aromatic nitrogens is 3. The van der Waals surface area contributed by atoms with E-state index in [1.165, 1.54) is 18.3 Å². The molecule has 0 atom stereocenters. The Morgan fingerprint density at radius 3 is 2.81 bits per heavy atom. The fourth-order valence-corrected chi connectivity index (χ4v) is 5.30. The summed E-state index contributed by atoms with van der Waals surface area (Å²) in [5.41, 5.74) is 2.66. The second-order valence-corrected chi connectivity index (χ2v) is 9.69. The summed E-state index contributed by atoms with van der Waals surface area (Å²) in [5.74, 6) is 1.43. The Hall–Kier alpha value is -2.69. The van der Waals surface area contributed by atoms with Crippen molar-refractivity contribution in [2.24, 2.45) is 0 Å². The number of benzene rings is 1. The van der Waals surface area contributed by atoms with Gasteiger partial charge in [0.25, 0.3) is 0 Å². The normalized spacial score (nSPS) is 11.0. The van der Waals surface area contributed by atoms with Crippen molar-refractivity contribution in [2.45, 2.75) is 25.8 Å². The van der Waals surface area contributed by atoms with Crippen molar-refractivity contribution >= 4 is 62.4 Å². The molecule has 0 unspecified atom stereocenters. The van der Waals surface area contributed by atoms with Gasteiger partial charge in [0.05, 0.1) is 33.9 Å². The SMILES string of the molecule is CSCc1nc2ccccc2n1CC(=O)Nc1nc(-c2ccc(CNC(C)=O)s2)cs1. The van der Waals surface area contributed by atoms with Gasteiger partial charge < -0.3 is 15.2 Å². The maximum atomic E-state index is 12.7. The van der Waals surface area contributed by atoms with Gasteiger partial charge in [-0.15, -0.1) is 22.7 Å². The predicted molar refractivity (Wildman–Crippen MR) is 129 cm³/mol. The molecule has 0 aliphatic heterocycles. The van der Waals surface area contributed by atoms with Crippen LogP contribution in [0, 0.1) is 0 Å². The molecule has 0 fully saturated rings. The number of carbonyl (C=O) groups excluding carboxylic acids is 2. The predicted octanol–water partition coefficient (Wildman–Crippen LogP) is 4.36. The lowest BCUT2D eigenvalue weighted by molar-refractivity contribution is -0.119. The summed E-state index contributed by atoms with van der Waals surface area (Å²) >= 11 is 4.65. The van der Waals surface area contributed by atoms with Gasteiger partial charge in [0.1, 0.15) is 12.4 Å². The zero-order valence-corrected chi connectivity index (χ0v) is 19.5. The van der Waals surface area contributed by atoms with Crippen LogP contribution in [0.5, 0.6) is 0 Å². The number of hydrogen-bond acceptors (Lipinski definition) is 7. The molecule has 3 aromatic heterocycles. The van der Waals surface area contributed by atoms with Gasteiger partial charge in [0, 0.05) is 17.2 Å². The third kappa shape index (κ3) is 5.15. The van der Waals surface area contributed by atoms with Gasteiger partial charge in [-0.25, -0.2) is 9.97 Å². The van der Waals surface area contributed by atoms with E-state index in [9.17, 15) is 9.59 Å². The van der Waals surface area contributed by atoms with E-state index in [0.29, 0.717) is 11.7 Å². The second-order valence-electron chi connectivity index (χ2n) is 6.80. The molecular weight excluding hydrogens is 450 g/mol. The van der Waals surface area contributed by atoms with Gasteiger partial charge in [0.2, 0.25) is 11.8 Å². The minimum Gasteiger partial charge on any atom is -0.351 e. The molecule has 7 nitrogen and oxygen atoms in total. The standard InChI is InChI=1S/C21H21N5O2S3/c1-13(27)22-9-14-7-8-18(31-14)16-11-30-21(24-16)25-20(28)10-26-17-6-4-3-5-15(17)23-19(26)12-29-2/h3-8,11H,9-10,12H2,1-2H3,(H,22,27)(H,24,25,28). The van der Waals surface area contributed by atoms with E-state index in [1.54, 1.807) is 23.1 Å². The summed E-state index contributed by atoms with van der Waals surface area (Å²) in [6.07, 6.45) is 2.02. The first-order valence-electron chi connectivity index (χ1n) is 9.55. The first-order valence-corrected chi connectivity index (χ1v) is 12.6. The summed E-state index contributed by atoms with van der Waals surface area (Å²) in [6, 6.07) is 11.8. The highest BCUT2D eigenvalue weighted by atomic mass is 32.2. The van der Waals surface area contributed by atoms with E-state index in [-0.39, 0.29) is 18.4 Å². The first-order chi connectivity index (χ1) is 15.0. The number of carbonyl (C=O) groups is 2. The van der Waals surface area contributed by atoms with Crippen LogP contribution in [0.15, 0.2) is 41.8 Å². The van der Waals surface area contributed by atoms with Gasteiger partial charge >= 0.3 is 0 Å². The fraction of sp³-hybridized carbons (Fsp3) is 0.238. The molecule has 0 bridgehead atoms. The molecule has 2 N–H and O–H groups in total. The molecule has 2 amide bonds. The molecule has 4 aromatic rings. The maximum Gasteiger partial charge on any atom is 0.246 e. The van der Waals surface area contributed by atoms with Crippen molar-refractivity contribution in [1.82, 2.24) is 19.9 Å². The summed E-state index contributed by atoms with van der Waals surface area (Å²) in [7, 11) is 0. The second kappa shape index (κ2) is 9.63. The third-order valence-corrected chi connectivity index (χ3v) is 6.90. The molecule has 10 heteroatoms. The molecular formula is C21H21N5O2S3. The van der Waals surface area contributed by atoms with Crippen LogP contribution in [0.1, 0.15) is 17.6 Å². The van der Waals surface area contributed by atoms with Crippen molar-refractivity contribution in [3.8, 4) is 10.6 Å². The quantitative estimate of drug-likeness (QED) is 0.399. The Labute approximate surface area is 191 Å². The number of nitrogens with one attached hydrogen (secondary N) is 2. The molecule has 4 rings (SSSR count). The average molecular weight is 472 g/mol. The number of hydrogen-bond donors (Lipinski definition) is 2. The van der Waals surface area contributed by atoms with Crippen molar-refractivity contribution in [3.63, 3.8) is 0 Å². The Balaban J connectivity index is 1.45. The van der Waals surface area contributed by atoms with E-state index >= 15 is 0 Å². The van der Waals surface area contributed by atoms with E-state index in [1.807, 2.05) is 52.6 Å². The van der Waals surface area contributed by atoms with Crippen molar-refractivity contribution in [2.75, 3.05) is 11.6 Å². The number of anilines is 1. The van der Waals surface area contributed by atoms with E-state index < -0.39 is 0 Å². The topological polar surface area (TPSA) is 88.9 Å². The fourth-order valence-electron chi connectivity index (χ4n) is 3.11. The maximum absolute atomic E-state index is 12.7. The number of nitrogens with zero attached hydrogens (tertiary/aromatic N) is 3. The lowest BCUT2D eigenvalue weighted by Crippen LogP contribution is -2.20. The largest absolute Gasteiger partial charge is 0.351 e. The first kappa shape index (κ1) is 21.5. The summed E-state index contributed by atoms with van der Waals surface area (Å²) in [5, 5.41) is 8.19. The lowest BCUT2D eigenvalue weighted by Gasteiger charge is -2.08. The molecule has 0 aliphatic rings. The number of fused-ring (bicyclic) bond motifs is 1. The molecule has 160 valence electrons. The summed E-state index contributed by atoms with van der Waals surface area (Å²) in [6.45, 7) is 2.19. The highest BCUT2D eigenvalue weighted by Gasteiger charge is 2.15. The molecule has 0 radical (unpaired) electrons. The van der Waals surface area contributed by atoms with E-state index in [0.717, 1.165) is 38.1 Å². The number of thioether (sulfide) groups is 1. The van der Waals surface area contributed by atoms with E-state index in [4.69, 9.17) is 0 Å². The average Bonchev–Trinajstić information content (AvgIpc) is 3.46. The minimum atomic E-state index is -0.135. The highest BCUT2D eigenvalue weighted by Crippen LogP contribution is 2.31. The van der Waals surface area contributed by atoms with Crippen molar-refractivity contribution in [1.29, 1.82) is 0 Å². The van der Waals surface area contributed by atoms with Gasteiger partial charge in [-0.3, -0.25) is 9.59 Å². The third-order valence-electron chi connectivity index (χ3n) is 4.48. The zero-order chi connectivity index (χ0) is 21.8.